The number of carbonyl (C=O) groups excluding carboxylic acids is 1. The van der Waals surface area contributed by atoms with Crippen molar-refractivity contribution < 1.29 is 19.0 Å². The van der Waals surface area contributed by atoms with Gasteiger partial charge in [-0.1, -0.05) is 13.0 Å². The molecule has 18 heavy (non-hydrogen) atoms. The second kappa shape index (κ2) is 7.55. The van der Waals surface area contributed by atoms with Crippen molar-refractivity contribution in [2.45, 2.75) is 13.5 Å². The highest BCUT2D eigenvalue weighted by atomic mass is 16.6. The van der Waals surface area contributed by atoms with Crippen molar-refractivity contribution in [3.8, 4) is 11.5 Å². The molecule has 0 bridgehead atoms. The van der Waals surface area contributed by atoms with Gasteiger partial charge in [0.2, 0.25) is 0 Å². The Morgan fingerprint density at radius 2 is 2.06 bits per heavy atom. The van der Waals surface area contributed by atoms with Gasteiger partial charge in [0.15, 0.2) is 18.1 Å². The Morgan fingerprint density at radius 1 is 1.28 bits per heavy atom. The lowest BCUT2D eigenvalue weighted by molar-refractivity contribution is -0.142. The van der Waals surface area contributed by atoms with Gasteiger partial charge in [-0.15, -0.1) is 0 Å². The van der Waals surface area contributed by atoms with Gasteiger partial charge >= 0.3 is 5.97 Å². The lowest BCUT2D eigenvalue weighted by Crippen LogP contribution is -2.14. The van der Waals surface area contributed by atoms with Gasteiger partial charge in [-0.2, -0.15) is 0 Å². The largest absolute Gasteiger partial charge is 0.493 e. The van der Waals surface area contributed by atoms with Crippen molar-refractivity contribution in [2.24, 2.45) is 0 Å². The van der Waals surface area contributed by atoms with E-state index in [4.69, 9.17) is 9.47 Å². The third-order valence-electron chi connectivity index (χ3n) is 2.38. The Bertz CT molecular complexity index is 393. The lowest BCUT2D eigenvalue weighted by atomic mass is 10.2. The molecule has 0 saturated heterocycles. The van der Waals surface area contributed by atoms with Gasteiger partial charge in [0.25, 0.3) is 0 Å². The Kier molecular flexibility index (Phi) is 6.00. The van der Waals surface area contributed by atoms with Gasteiger partial charge in [-0.3, -0.25) is 0 Å². The monoisotopic (exact) mass is 253 g/mol. The van der Waals surface area contributed by atoms with E-state index >= 15 is 0 Å². The maximum Gasteiger partial charge on any atom is 0.343 e. The number of hydrogen-bond donors (Lipinski definition) is 1. The summed E-state index contributed by atoms with van der Waals surface area (Å²) in [6, 6.07) is 5.60. The number of ether oxygens (including phenoxy) is 3. The van der Waals surface area contributed by atoms with Crippen LogP contribution in [0.15, 0.2) is 18.2 Å². The van der Waals surface area contributed by atoms with E-state index in [0.29, 0.717) is 11.5 Å². The third-order valence-corrected chi connectivity index (χ3v) is 2.38. The first-order valence-corrected chi connectivity index (χ1v) is 5.78. The Labute approximate surface area is 107 Å². The van der Waals surface area contributed by atoms with E-state index in [1.54, 1.807) is 13.2 Å². The van der Waals surface area contributed by atoms with E-state index in [9.17, 15) is 4.79 Å². The summed E-state index contributed by atoms with van der Waals surface area (Å²) in [4.78, 5) is 11.0. The quantitative estimate of drug-likeness (QED) is 0.743. The smallest absolute Gasteiger partial charge is 0.343 e. The maximum absolute atomic E-state index is 11.0. The van der Waals surface area contributed by atoms with Crippen LogP contribution in [-0.4, -0.2) is 33.3 Å². The molecule has 0 aromatic heterocycles. The van der Waals surface area contributed by atoms with Crippen LogP contribution in [0.2, 0.25) is 0 Å². The van der Waals surface area contributed by atoms with Gasteiger partial charge in [0.05, 0.1) is 14.2 Å². The summed E-state index contributed by atoms with van der Waals surface area (Å²) in [5, 5.41) is 3.22. The molecule has 0 heterocycles. The summed E-state index contributed by atoms with van der Waals surface area (Å²) in [7, 11) is 2.89. The summed E-state index contributed by atoms with van der Waals surface area (Å²) in [6.45, 7) is 3.59. The van der Waals surface area contributed by atoms with E-state index in [0.717, 1.165) is 18.7 Å². The molecule has 100 valence electrons. The molecule has 0 spiro atoms. The number of hydrogen-bond acceptors (Lipinski definition) is 5. The first-order valence-electron chi connectivity index (χ1n) is 5.78. The molecular weight excluding hydrogens is 234 g/mol. The van der Waals surface area contributed by atoms with E-state index in [1.807, 2.05) is 19.1 Å². The minimum atomic E-state index is -0.422. The first-order chi connectivity index (χ1) is 8.71. The molecule has 0 atom stereocenters. The van der Waals surface area contributed by atoms with Crippen LogP contribution in [0, 0.1) is 0 Å². The van der Waals surface area contributed by atoms with E-state index in [2.05, 4.69) is 10.1 Å². The van der Waals surface area contributed by atoms with Gasteiger partial charge in [0.1, 0.15) is 0 Å². The van der Waals surface area contributed by atoms with Crippen molar-refractivity contribution in [3.05, 3.63) is 23.8 Å². The second-order valence-corrected chi connectivity index (χ2v) is 3.63. The van der Waals surface area contributed by atoms with Crippen LogP contribution in [0.1, 0.15) is 12.5 Å². The molecule has 1 aromatic carbocycles. The van der Waals surface area contributed by atoms with Crippen LogP contribution in [0.25, 0.3) is 0 Å². The van der Waals surface area contributed by atoms with Gasteiger partial charge in [-0.25, -0.2) is 4.79 Å². The Balaban J connectivity index is 2.70. The summed E-state index contributed by atoms with van der Waals surface area (Å²) in [6.07, 6.45) is 0. The van der Waals surface area contributed by atoms with Crippen molar-refractivity contribution in [1.82, 2.24) is 5.32 Å². The molecule has 1 aromatic rings. The Morgan fingerprint density at radius 3 is 2.67 bits per heavy atom. The third kappa shape index (κ3) is 4.25. The second-order valence-electron chi connectivity index (χ2n) is 3.63. The number of rotatable bonds is 7. The molecule has 5 nitrogen and oxygen atoms in total. The molecule has 0 unspecified atom stereocenters. The van der Waals surface area contributed by atoms with E-state index < -0.39 is 5.97 Å². The van der Waals surface area contributed by atoms with Gasteiger partial charge in [0, 0.05) is 6.54 Å². The normalized spacial score (nSPS) is 9.94. The fraction of sp³-hybridized carbons (Fsp3) is 0.462. The lowest BCUT2D eigenvalue weighted by Gasteiger charge is -2.11. The zero-order valence-electron chi connectivity index (χ0n) is 11.0. The van der Waals surface area contributed by atoms with Crippen molar-refractivity contribution in [1.29, 1.82) is 0 Å². The van der Waals surface area contributed by atoms with Crippen molar-refractivity contribution in [2.75, 3.05) is 27.4 Å². The standard InChI is InChI=1S/C13H19NO4/c1-4-14-8-10-5-6-11(12(7-10)16-2)18-9-13(15)17-3/h5-7,14H,4,8-9H2,1-3H3. The molecule has 0 radical (unpaired) electrons. The average Bonchev–Trinajstić information content (AvgIpc) is 2.42. The Hall–Kier alpha value is -1.75. The summed E-state index contributed by atoms with van der Waals surface area (Å²) in [5.41, 5.74) is 1.10. The van der Waals surface area contributed by atoms with Crippen LogP contribution >= 0.6 is 0 Å². The van der Waals surface area contributed by atoms with Gasteiger partial charge < -0.3 is 19.5 Å². The fourth-order valence-corrected chi connectivity index (χ4v) is 1.41. The van der Waals surface area contributed by atoms with Crippen molar-refractivity contribution >= 4 is 5.97 Å². The number of nitrogens with one attached hydrogen (secondary N) is 1. The van der Waals surface area contributed by atoms with E-state index in [-0.39, 0.29) is 6.61 Å². The molecule has 0 fully saturated rings. The number of benzene rings is 1. The SMILES string of the molecule is CCNCc1ccc(OCC(=O)OC)c(OC)c1. The number of methoxy groups -OCH3 is 2. The summed E-state index contributed by atoms with van der Waals surface area (Å²) < 4.78 is 15.1. The predicted octanol–water partition coefficient (Wildman–Crippen LogP) is 1.36. The highest BCUT2D eigenvalue weighted by Gasteiger charge is 2.08. The van der Waals surface area contributed by atoms with Crippen LogP contribution in [0.3, 0.4) is 0 Å². The molecule has 0 aliphatic heterocycles. The first kappa shape index (κ1) is 14.3. The predicted molar refractivity (Wildman–Crippen MR) is 67.9 cm³/mol. The highest BCUT2D eigenvalue weighted by Crippen LogP contribution is 2.28. The zero-order valence-corrected chi connectivity index (χ0v) is 11.0. The molecular formula is C13H19NO4. The highest BCUT2D eigenvalue weighted by molar-refractivity contribution is 5.71. The molecule has 1 rings (SSSR count). The average molecular weight is 253 g/mol. The van der Waals surface area contributed by atoms with Crippen LogP contribution < -0.4 is 14.8 Å². The molecule has 0 aliphatic carbocycles. The summed E-state index contributed by atoms with van der Waals surface area (Å²) >= 11 is 0. The number of carbonyl (C=O) groups is 1. The van der Waals surface area contributed by atoms with Crippen LogP contribution in [0.5, 0.6) is 11.5 Å². The van der Waals surface area contributed by atoms with Gasteiger partial charge in [-0.05, 0) is 24.2 Å². The minimum absolute atomic E-state index is 0.126. The van der Waals surface area contributed by atoms with Crippen molar-refractivity contribution in [3.63, 3.8) is 0 Å². The molecule has 5 heteroatoms. The van der Waals surface area contributed by atoms with E-state index in [1.165, 1.54) is 7.11 Å². The molecule has 1 N–H and O–H groups in total. The summed E-state index contributed by atoms with van der Waals surface area (Å²) in [5.74, 6) is 0.714. The minimum Gasteiger partial charge on any atom is -0.493 e. The fourth-order valence-electron chi connectivity index (χ4n) is 1.41. The molecule has 0 aliphatic rings. The topological polar surface area (TPSA) is 56.8 Å². The zero-order chi connectivity index (χ0) is 13.4. The number of esters is 1. The van der Waals surface area contributed by atoms with Crippen LogP contribution in [-0.2, 0) is 16.1 Å². The molecule has 0 saturated carbocycles. The molecule has 0 amide bonds. The van der Waals surface area contributed by atoms with Crippen LogP contribution in [0.4, 0.5) is 0 Å². The maximum atomic E-state index is 11.0.